The fourth-order valence-electron chi connectivity index (χ4n) is 0.991. The van der Waals surface area contributed by atoms with Gasteiger partial charge in [-0.25, -0.2) is 8.42 Å². The number of sulfonamides is 1. The molecule has 0 saturated carbocycles. The zero-order valence-electron chi connectivity index (χ0n) is 9.56. The van der Waals surface area contributed by atoms with Gasteiger partial charge in [0.1, 0.15) is 5.82 Å². The lowest BCUT2D eigenvalue weighted by Gasteiger charge is -2.08. The van der Waals surface area contributed by atoms with Crippen LogP contribution >= 0.6 is 0 Å². The number of hydrogen-bond acceptors (Lipinski definition) is 5. The normalized spacial score (nSPS) is 11.5. The molecule has 6 nitrogen and oxygen atoms in total. The van der Waals surface area contributed by atoms with Gasteiger partial charge in [-0.2, -0.15) is 0 Å². The first-order valence-electron chi connectivity index (χ1n) is 5.03. The molecule has 0 aliphatic rings. The lowest BCUT2D eigenvalue weighted by Crippen LogP contribution is -2.16. The first-order valence-corrected chi connectivity index (χ1v) is 6.69. The summed E-state index contributed by atoms with van der Waals surface area (Å²) in [5, 5.41) is 10.7. The van der Waals surface area contributed by atoms with E-state index in [1.54, 1.807) is 19.1 Å². The Bertz CT molecular complexity index is 427. The fourth-order valence-corrected chi connectivity index (χ4v) is 1.56. The molecular weight excluding hydrogens is 228 g/mol. The Kier molecular flexibility index (Phi) is 4.05. The van der Waals surface area contributed by atoms with Crippen LogP contribution in [0.2, 0.25) is 0 Å². The van der Waals surface area contributed by atoms with Crippen LogP contribution in [-0.2, 0) is 10.0 Å². The van der Waals surface area contributed by atoms with Crippen LogP contribution in [0, 0.1) is 0 Å². The van der Waals surface area contributed by atoms with Crippen molar-refractivity contribution >= 4 is 21.7 Å². The number of nitrogens with one attached hydrogen (secondary N) is 2. The molecule has 90 valence electrons. The number of aromatic nitrogens is 2. The average molecular weight is 244 g/mol. The Balaban J connectivity index is 2.72. The van der Waals surface area contributed by atoms with E-state index in [4.69, 9.17) is 0 Å². The second-order valence-electron chi connectivity index (χ2n) is 3.61. The van der Waals surface area contributed by atoms with Gasteiger partial charge in [-0.15, -0.1) is 10.2 Å². The molecule has 0 saturated heterocycles. The summed E-state index contributed by atoms with van der Waals surface area (Å²) >= 11 is 0. The molecule has 0 fully saturated rings. The molecule has 0 unspecified atom stereocenters. The van der Waals surface area contributed by atoms with Crippen LogP contribution in [-0.4, -0.2) is 30.4 Å². The number of rotatable bonds is 5. The Morgan fingerprint density at radius 3 is 2.25 bits per heavy atom. The highest BCUT2D eigenvalue weighted by Crippen LogP contribution is 2.08. The molecule has 1 aromatic rings. The predicted octanol–water partition coefficient (Wildman–Crippen LogP) is 1.06. The molecule has 1 rings (SSSR count). The third-order valence-corrected chi connectivity index (χ3v) is 3.02. The minimum absolute atomic E-state index is 0.0146. The van der Waals surface area contributed by atoms with Gasteiger partial charge in [-0.3, -0.25) is 4.72 Å². The van der Waals surface area contributed by atoms with Gasteiger partial charge in [-0.05, 0) is 32.9 Å². The first-order chi connectivity index (χ1) is 7.43. The Morgan fingerprint density at radius 1 is 1.25 bits per heavy atom. The highest BCUT2D eigenvalue weighted by molar-refractivity contribution is 7.92. The van der Waals surface area contributed by atoms with Crippen molar-refractivity contribution in [2.45, 2.75) is 26.8 Å². The average Bonchev–Trinajstić information content (AvgIpc) is 2.20. The molecule has 7 heteroatoms. The van der Waals surface area contributed by atoms with Gasteiger partial charge in [0, 0.05) is 6.04 Å². The lowest BCUT2D eigenvalue weighted by atomic mass is 10.4. The largest absolute Gasteiger partial charge is 0.366 e. The summed E-state index contributed by atoms with van der Waals surface area (Å²) in [7, 11) is -3.28. The van der Waals surface area contributed by atoms with Crippen molar-refractivity contribution in [2.75, 3.05) is 15.8 Å². The molecule has 0 amide bonds. The molecule has 0 aliphatic carbocycles. The predicted molar refractivity (Wildman–Crippen MR) is 63.9 cm³/mol. The van der Waals surface area contributed by atoms with E-state index in [1.807, 2.05) is 13.8 Å². The molecular formula is C9H16N4O2S. The van der Waals surface area contributed by atoms with Crippen LogP contribution in [0.5, 0.6) is 0 Å². The summed E-state index contributed by atoms with van der Waals surface area (Å²) < 4.78 is 24.8. The van der Waals surface area contributed by atoms with E-state index in [0.29, 0.717) is 5.82 Å². The third-order valence-electron chi connectivity index (χ3n) is 1.74. The minimum Gasteiger partial charge on any atom is -0.366 e. The quantitative estimate of drug-likeness (QED) is 0.809. The smallest absolute Gasteiger partial charge is 0.233 e. The summed E-state index contributed by atoms with van der Waals surface area (Å²) in [4.78, 5) is 0. The summed E-state index contributed by atoms with van der Waals surface area (Å²) in [6.45, 7) is 5.52. The zero-order valence-corrected chi connectivity index (χ0v) is 10.4. The molecule has 0 aromatic carbocycles. The van der Waals surface area contributed by atoms with Crippen molar-refractivity contribution in [2.24, 2.45) is 0 Å². The standard InChI is InChI=1S/C9H16N4O2S/c1-4-16(14,15)13-9-6-5-8(11-12-9)10-7(2)3/h5-7H,4H2,1-3H3,(H,10,11)(H,12,13). The molecule has 0 aliphatic heterocycles. The monoisotopic (exact) mass is 244 g/mol. The fraction of sp³-hybridized carbons (Fsp3) is 0.556. The number of nitrogens with zero attached hydrogens (tertiary/aromatic N) is 2. The lowest BCUT2D eigenvalue weighted by molar-refractivity contribution is 0.602. The van der Waals surface area contributed by atoms with Crippen LogP contribution in [0.15, 0.2) is 12.1 Å². The van der Waals surface area contributed by atoms with E-state index in [0.717, 1.165) is 0 Å². The summed E-state index contributed by atoms with van der Waals surface area (Å²) in [6, 6.07) is 3.51. The SMILES string of the molecule is CCS(=O)(=O)Nc1ccc(NC(C)C)nn1. The van der Waals surface area contributed by atoms with Gasteiger partial charge in [0.2, 0.25) is 10.0 Å². The van der Waals surface area contributed by atoms with Crippen molar-refractivity contribution in [3.8, 4) is 0 Å². The summed E-state index contributed by atoms with van der Waals surface area (Å²) in [5.74, 6) is 0.867. The van der Waals surface area contributed by atoms with Crippen molar-refractivity contribution < 1.29 is 8.42 Å². The van der Waals surface area contributed by atoms with Crippen molar-refractivity contribution in [3.05, 3.63) is 12.1 Å². The van der Waals surface area contributed by atoms with Gasteiger partial charge < -0.3 is 5.32 Å². The van der Waals surface area contributed by atoms with Crippen LogP contribution < -0.4 is 10.0 Å². The van der Waals surface area contributed by atoms with Crippen molar-refractivity contribution in [1.29, 1.82) is 0 Å². The molecule has 0 bridgehead atoms. The highest BCUT2D eigenvalue weighted by Gasteiger charge is 2.07. The first kappa shape index (κ1) is 12.7. The maximum Gasteiger partial charge on any atom is 0.233 e. The van der Waals surface area contributed by atoms with Crippen molar-refractivity contribution in [3.63, 3.8) is 0 Å². The van der Waals surface area contributed by atoms with E-state index in [2.05, 4.69) is 20.2 Å². The van der Waals surface area contributed by atoms with Crippen LogP contribution in [0.4, 0.5) is 11.6 Å². The minimum atomic E-state index is -3.28. The van der Waals surface area contributed by atoms with E-state index in [-0.39, 0.29) is 17.6 Å². The molecule has 0 atom stereocenters. The highest BCUT2D eigenvalue weighted by atomic mass is 32.2. The number of anilines is 2. The van der Waals surface area contributed by atoms with Crippen LogP contribution in [0.25, 0.3) is 0 Å². The van der Waals surface area contributed by atoms with E-state index in [1.165, 1.54) is 0 Å². The van der Waals surface area contributed by atoms with Gasteiger partial charge in [0.25, 0.3) is 0 Å². The van der Waals surface area contributed by atoms with E-state index >= 15 is 0 Å². The van der Waals surface area contributed by atoms with Gasteiger partial charge in [-0.1, -0.05) is 0 Å². The van der Waals surface area contributed by atoms with Gasteiger partial charge in [0.05, 0.1) is 5.75 Å². The third kappa shape index (κ3) is 4.01. The maximum absolute atomic E-state index is 11.2. The Morgan fingerprint density at radius 2 is 1.81 bits per heavy atom. The van der Waals surface area contributed by atoms with Gasteiger partial charge in [0.15, 0.2) is 5.82 Å². The summed E-state index contributed by atoms with van der Waals surface area (Å²) in [6.07, 6.45) is 0. The maximum atomic E-state index is 11.2. The molecule has 0 spiro atoms. The molecule has 0 radical (unpaired) electrons. The summed E-state index contributed by atoms with van der Waals surface area (Å²) in [5.41, 5.74) is 0. The van der Waals surface area contributed by atoms with Gasteiger partial charge >= 0.3 is 0 Å². The second kappa shape index (κ2) is 5.11. The second-order valence-corrected chi connectivity index (χ2v) is 5.62. The van der Waals surface area contributed by atoms with E-state index in [9.17, 15) is 8.42 Å². The van der Waals surface area contributed by atoms with E-state index < -0.39 is 10.0 Å². The van der Waals surface area contributed by atoms with Crippen LogP contribution in [0.3, 0.4) is 0 Å². The Labute approximate surface area is 95.5 Å². The molecule has 2 N–H and O–H groups in total. The number of hydrogen-bond donors (Lipinski definition) is 2. The van der Waals surface area contributed by atoms with Crippen molar-refractivity contribution in [1.82, 2.24) is 10.2 Å². The molecule has 1 heterocycles. The zero-order chi connectivity index (χ0) is 12.2. The molecule has 1 aromatic heterocycles. The van der Waals surface area contributed by atoms with Crippen LogP contribution in [0.1, 0.15) is 20.8 Å². The molecule has 16 heavy (non-hydrogen) atoms. The Hall–Kier alpha value is -1.37. The topological polar surface area (TPSA) is 84.0 Å².